The van der Waals surface area contributed by atoms with Crippen molar-refractivity contribution in [2.45, 2.75) is 0 Å². The van der Waals surface area contributed by atoms with Gasteiger partial charge in [-0.2, -0.15) is 9.37 Å². The van der Waals surface area contributed by atoms with Gasteiger partial charge in [0.15, 0.2) is 0 Å². The van der Waals surface area contributed by atoms with Crippen LogP contribution in [-0.4, -0.2) is 17.0 Å². The molecule has 0 aliphatic heterocycles. The lowest BCUT2D eigenvalue weighted by Gasteiger charge is -2.07. The zero-order valence-electron chi connectivity index (χ0n) is 9.04. The van der Waals surface area contributed by atoms with Gasteiger partial charge < -0.3 is 11.1 Å². The normalized spacial score (nSPS) is 10.3. The third-order valence-corrected chi connectivity index (χ3v) is 2.55. The quantitative estimate of drug-likeness (QED) is 0.637. The molecule has 1 heterocycles. The van der Waals surface area contributed by atoms with Gasteiger partial charge in [-0.3, -0.25) is 0 Å². The van der Waals surface area contributed by atoms with E-state index < -0.39 is 5.95 Å². The number of halogens is 2. The van der Waals surface area contributed by atoms with Crippen molar-refractivity contribution in [2.75, 3.05) is 18.1 Å². The summed E-state index contributed by atoms with van der Waals surface area (Å²) >= 11 is 5.84. The van der Waals surface area contributed by atoms with Crippen LogP contribution >= 0.6 is 11.6 Å². The van der Waals surface area contributed by atoms with Crippen LogP contribution < -0.4 is 11.1 Å². The second kappa shape index (κ2) is 4.55. The Morgan fingerprint density at radius 1 is 1.24 bits per heavy atom. The van der Waals surface area contributed by atoms with Crippen molar-refractivity contribution in [1.29, 1.82) is 0 Å². The summed E-state index contributed by atoms with van der Waals surface area (Å²) < 4.78 is 13.4. The van der Waals surface area contributed by atoms with E-state index in [9.17, 15) is 4.39 Å². The van der Waals surface area contributed by atoms with Gasteiger partial charge in [-0.25, -0.2) is 4.98 Å². The topological polar surface area (TPSA) is 63.8 Å². The molecule has 0 saturated carbocycles. The average Bonchev–Trinajstić information content (AvgIpc) is 2.34. The fourth-order valence-corrected chi connectivity index (χ4v) is 1.56. The average molecular weight is 253 g/mol. The van der Waals surface area contributed by atoms with E-state index in [0.717, 1.165) is 0 Å². The van der Waals surface area contributed by atoms with Gasteiger partial charge in [-0.15, -0.1) is 0 Å². The predicted molar refractivity (Wildman–Crippen MR) is 66.4 cm³/mol. The smallest absolute Gasteiger partial charge is 0.237 e. The van der Waals surface area contributed by atoms with Crippen LogP contribution in [0.4, 0.5) is 16.0 Å². The molecule has 0 aliphatic rings. The first kappa shape index (κ1) is 11.6. The maximum Gasteiger partial charge on any atom is 0.237 e. The molecular weight excluding hydrogens is 243 g/mol. The minimum Gasteiger partial charge on any atom is -0.399 e. The molecule has 3 N–H and O–H groups in total. The molecule has 0 radical (unpaired) electrons. The molecule has 0 aliphatic carbocycles. The van der Waals surface area contributed by atoms with Crippen molar-refractivity contribution >= 4 is 23.2 Å². The summed E-state index contributed by atoms with van der Waals surface area (Å²) in [5, 5.41) is 2.57. The maximum atomic E-state index is 13.4. The number of hydrogen-bond donors (Lipinski definition) is 2. The molecule has 0 bridgehead atoms. The molecule has 0 fully saturated rings. The summed E-state index contributed by atoms with van der Waals surface area (Å²) in [4.78, 5) is 7.67. The summed E-state index contributed by atoms with van der Waals surface area (Å²) in [6.07, 6.45) is 0. The van der Waals surface area contributed by atoms with Crippen LogP contribution in [0.25, 0.3) is 11.3 Å². The van der Waals surface area contributed by atoms with Crippen molar-refractivity contribution in [3.63, 3.8) is 0 Å². The van der Waals surface area contributed by atoms with Crippen molar-refractivity contribution < 1.29 is 4.39 Å². The van der Waals surface area contributed by atoms with E-state index in [1.165, 1.54) is 0 Å². The van der Waals surface area contributed by atoms with Gasteiger partial charge in [0.1, 0.15) is 5.02 Å². The number of hydrogen-bond acceptors (Lipinski definition) is 4. The number of nitrogens with one attached hydrogen (secondary N) is 1. The fourth-order valence-electron chi connectivity index (χ4n) is 1.36. The molecule has 6 heteroatoms. The molecule has 0 amide bonds. The SMILES string of the molecule is CNc1nc(F)c(Cl)c(-c2ccc(N)cc2)n1. The highest BCUT2D eigenvalue weighted by Crippen LogP contribution is 2.28. The van der Waals surface area contributed by atoms with Gasteiger partial charge in [0, 0.05) is 18.3 Å². The highest BCUT2D eigenvalue weighted by Gasteiger charge is 2.13. The molecule has 17 heavy (non-hydrogen) atoms. The number of anilines is 2. The number of benzene rings is 1. The lowest BCUT2D eigenvalue weighted by Crippen LogP contribution is -2.01. The van der Waals surface area contributed by atoms with Gasteiger partial charge in [0.05, 0.1) is 5.69 Å². The van der Waals surface area contributed by atoms with Crippen LogP contribution in [0.15, 0.2) is 24.3 Å². The number of nitrogens with zero attached hydrogens (tertiary/aromatic N) is 2. The third-order valence-electron chi connectivity index (χ3n) is 2.22. The molecule has 1 aromatic carbocycles. The zero-order valence-corrected chi connectivity index (χ0v) is 9.79. The Morgan fingerprint density at radius 2 is 1.88 bits per heavy atom. The summed E-state index contributed by atoms with van der Waals surface area (Å²) in [6.45, 7) is 0. The highest BCUT2D eigenvalue weighted by atomic mass is 35.5. The monoisotopic (exact) mass is 252 g/mol. The summed E-state index contributed by atoms with van der Waals surface area (Å²) in [7, 11) is 1.61. The Bertz CT molecular complexity index is 542. The largest absolute Gasteiger partial charge is 0.399 e. The Morgan fingerprint density at radius 3 is 2.47 bits per heavy atom. The predicted octanol–water partition coefficient (Wildman–Crippen LogP) is 2.56. The minimum absolute atomic E-state index is 0.103. The van der Waals surface area contributed by atoms with Gasteiger partial charge in [-0.1, -0.05) is 23.7 Å². The second-order valence-corrected chi connectivity index (χ2v) is 3.75. The van der Waals surface area contributed by atoms with E-state index in [-0.39, 0.29) is 11.0 Å². The van der Waals surface area contributed by atoms with Crippen LogP contribution in [0, 0.1) is 5.95 Å². The summed E-state index contributed by atoms with van der Waals surface area (Å²) in [6, 6.07) is 6.85. The molecule has 0 unspecified atom stereocenters. The number of nitrogen functional groups attached to an aromatic ring is 1. The van der Waals surface area contributed by atoms with Gasteiger partial charge >= 0.3 is 0 Å². The Kier molecular flexibility index (Phi) is 3.10. The van der Waals surface area contributed by atoms with E-state index in [0.29, 0.717) is 16.9 Å². The molecule has 0 atom stereocenters. The zero-order chi connectivity index (χ0) is 12.4. The maximum absolute atomic E-state index is 13.4. The van der Waals surface area contributed by atoms with Crippen LogP contribution in [0.3, 0.4) is 0 Å². The van der Waals surface area contributed by atoms with Gasteiger partial charge in [0.2, 0.25) is 11.9 Å². The highest BCUT2D eigenvalue weighted by molar-refractivity contribution is 6.33. The van der Waals surface area contributed by atoms with Crippen LogP contribution in [-0.2, 0) is 0 Å². The molecule has 88 valence electrons. The summed E-state index contributed by atoms with van der Waals surface area (Å²) in [5.41, 5.74) is 7.21. The molecule has 0 saturated heterocycles. The van der Waals surface area contributed by atoms with Crippen molar-refractivity contribution in [3.05, 3.63) is 35.2 Å². The van der Waals surface area contributed by atoms with Gasteiger partial charge in [-0.05, 0) is 12.1 Å². The fraction of sp³-hybridized carbons (Fsp3) is 0.0909. The summed E-state index contributed by atoms with van der Waals surface area (Å²) in [5.74, 6) is -0.573. The van der Waals surface area contributed by atoms with Crippen LogP contribution in [0.5, 0.6) is 0 Å². The van der Waals surface area contributed by atoms with E-state index >= 15 is 0 Å². The Balaban J connectivity index is 2.57. The third kappa shape index (κ3) is 2.29. The lowest BCUT2D eigenvalue weighted by atomic mass is 10.1. The number of nitrogens with two attached hydrogens (primary N) is 1. The first-order valence-corrected chi connectivity index (χ1v) is 5.26. The first-order chi connectivity index (χ1) is 8.11. The molecule has 2 aromatic rings. The Labute approximate surface area is 103 Å². The lowest BCUT2D eigenvalue weighted by molar-refractivity contribution is 0.583. The van der Waals surface area contributed by atoms with Crippen molar-refractivity contribution in [1.82, 2.24) is 9.97 Å². The Hall–Kier alpha value is -1.88. The number of aromatic nitrogens is 2. The van der Waals surface area contributed by atoms with Crippen molar-refractivity contribution in [2.24, 2.45) is 0 Å². The first-order valence-electron chi connectivity index (χ1n) is 4.88. The van der Waals surface area contributed by atoms with E-state index in [1.807, 2.05) is 0 Å². The molecule has 4 nitrogen and oxygen atoms in total. The standard InChI is InChI=1S/C11H10ClFN4/c1-15-11-16-9(8(12)10(13)17-11)6-2-4-7(14)5-3-6/h2-5H,14H2,1H3,(H,15,16,17). The molecule has 0 spiro atoms. The van der Waals surface area contributed by atoms with E-state index in [4.69, 9.17) is 17.3 Å². The molecule has 2 rings (SSSR count). The molecule has 1 aromatic heterocycles. The van der Waals surface area contributed by atoms with E-state index in [1.54, 1.807) is 31.3 Å². The number of rotatable bonds is 2. The van der Waals surface area contributed by atoms with Crippen molar-refractivity contribution in [3.8, 4) is 11.3 Å². The minimum atomic E-state index is -0.752. The van der Waals surface area contributed by atoms with Gasteiger partial charge in [0.25, 0.3) is 0 Å². The van der Waals surface area contributed by atoms with Crippen LogP contribution in [0.2, 0.25) is 5.02 Å². The van der Waals surface area contributed by atoms with Crippen LogP contribution in [0.1, 0.15) is 0 Å². The second-order valence-electron chi connectivity index (χ2n) is 3.37. The van der Waals surface area contributed by atoms with E-state index in [2.05, 4.69) is 15.3 Å². The molecular formula is C11H10ClFN4.